The molecule has 0 fully saturated rings. The van der Waals surface area contributed by atoms with Crippen molar-refractivity contribution in [2.45, 2.75) is 43.3 Å². The zero-order valence-electron chi connectivity index (χ0n) is 11.8. The molecule has 0 N–H and O–H groups in total. The second-order valence-corrected chi connectivity index (χ2v) is 3.82. The number of halogens is 14. The minimum Gasteiger partial charge on any atom is -0.335 e. The topological polar surface area (TPSA) is 18.5 Å². The SMILES string of the molecule is CCOC(F)(F)C(F)(F)C(F)(F)F.COC(F)(C(F)(F)F)C(F)(F)F. The van der Waals surface area contributed by atoms with Crippen LogP contribution in [0.15, 0.2) is 0 Å². The van der Waals surface area contributed by atoms with Crippen molar-refractivity contribution in [2.24, 2.45) is 0 Å². The van der Waals surface area contributed by atoms with E-state index in [4.69, 9.17) is 0 Å². The summed E-state index contributed by atoms with van der Waals surface area (Å²) < 4.78 is 168. The highest BCUT2D eigenvalue weighted by atomic mass is 19.4. The molecular weight excluding hydrogens is 406 g/mol. The summed E-state index contributed by atoms with van der Waals surface area (Å²) in [6.45, 7) is -0.0704. The van der Waals surface area contributed by atoms with Gasteiger partial charge in [0, 0.05) is 7.11 Å². The third-order valence-electron chi connectivity index (χ3n) is 2.06. The number of hydrogen-bond acceptors (Lipinski definition) is 2. The van der Waals surface area contributed by atoms with E-state index < -0.39 is 43.0 Å². The summed E-state index contributed by atoms with van der Waals surface area (Å²) in [6, 6.07) is 0. The Morgan fingerprint density at radius 3 is 1.04 bits per heavy atom. The van der Waals surface area contributed by atoms with E-state index in [9.17, 15) is 61.5 Å². The van der Waals surface area contributed by atoms with Crippen LogP contribution in [0.4, 0.5) is 61.5 Å². The Hall–Kier alpha value is -1.06. The van der Waals surface area contributed by atoms with Crippen LogP contribution in [0.25, 0.3) is 0 Å². The zero-order valence-corrected chi connectivity index (χ0v) is 11.8. The Kier molecular flexibility index (Phi) is 8.03. The standard InChI is InChI=1S/C5H5F7O.C4H3F7O/c1-2-13-5(11,12)3(6,7)4(8,9)10;1-12-2(5,3(6,7)8)4(9,10)11/h2H2,1H3;1H3. The molecule has 0 aliphatic rings. The van der Waals surface area contributed by atoms with Crippen molar-refractivity contribution in [3.05, 3.63) is 0 Å². The lowest BCUT2D eigenvalue weighted by Crippen LogP contribution is -2.54. The summed E-state index contributed by atoms with van der Waals surface area (Å²) >= 11 is 0. The molecule has 0 aliphatic carbocycles. The molecule has 0 heterocycles. The van der Waals surface area contributed by atoms with Gasteiger partial charge in [-0.15, -0.1) is 0 Å². The Bertz CT molecular complexity index is 392. The summed E-state index contributed by atoms with van der Waals surface area (Å²) in [7, 11) is -0.0129. The van der Waals surface area contributed by atoms with Crippen molar-refractivity contribution >= 4 is 0 Å². The summed E-state index contributed by atoms with van der Waals surface area (Å²) in [5, 5.41) is 0. The molecule has 0 aromatic heterocycles. The van der Waals surface area contributed by atoms with Gasteiger partial charge in [-0.2, -0.15) is 61.5 Å². The van der Waals surface area contributed by atoms with E-state index in [-0.39, 0.29) is 7.11 Å². The van der Waals surface area contributed by atoms with Crippen molar-refractivity contribution in [2.75, 3.05) is 13.7 Å². The van der Waals surface area contributed by atoms with E-state index >= 15 is 0 Å². The third kappa shape index (κ3) is 5.72. The van der Waals surface area contributed by atoms with Gasteiger partial charge in [-0.1, -0.05) is 0 Å². The maximum Gasteiger partial charge on any atom is 0.462 e. The second kappa shape index (κ2) is 7.67. The van der Waals surface area contributed by atoms with Gasteiger partial charge in [-0.05, 0) is 6.92 Å². The molecule has 0 amide bonds. The van der Waals surface area contributed by atoms with Crippen molar-refractivity contribution < 1.29 is 70.9 Å². The van der Waals surface area contributed by atoms with Crippen molar-refractivity contribution in [1.82, 2.24) is 0 Å². The fourth-order valence-corrected chi connectivity index (χ4v) is 0.829. The van der Waals surface area contributed by atoms with Crippen LogP contribution in [0.5, 0.6) is 0 Å². The normalized spacial score (nSPS) is 14.9. The fourth-order valence-electron chi connectivity index (χ4n) is 0.829. The maximum atomic E-state index is 12.1. The van der Waals surface area contributed by atoms with Crippen LogP contribution in [-0.2, 0) is 9.47 Å². The van der Waals surface area contributed by atoms with Gasteiger partial charge in [-0.25, -0.2) is 0 Å². The predicted molar refractivity (Wildman–Crippen MR) is 50.5 cm³/mol. The zero-order chi connectivity index (χ0) is 21.1. The summed E-state index contributed by atoms with van der Waals surface area (Å²) in [4.78, 5) is 0. The molecule has 0 rings (SSSR count). The highest BCUT2D eigenvalue weighted by Gasteiger charge is 2.75. The van der Waals surface area contributed by atoms with E-state index in [1.54, 1.807) is 0 Å². The number of methoxy groups -OCH3 is 1. The molecule has 0 spiro atoms. The second-order valence-electron chi connectivity index (χ2n) is 3.82. The average Bonchev–Trinajstić information content (AvgIpc) is 2.34. The third-order valence-corrected chi connectivity index (χ3v) is 2.06. The van der Waals surface area contributed by atoms with Crippen LogP contribution in [0, 0.1) is 0 Å². The van der Waals surface area contributed by atoms with Gasteiger partial charge in [0.15, 0.2) is 0 Å². The Morgan fingerprint density at radius 2 is 0.920 bits per heavy atom. The largest absolute Gasteiger partial charge is 0.462 e. The maximum absolute atomic E-state index is 12.1. The van der Waals surface area contributed by atoms with Gasteiger partial charge in [0.1, 0.15) is 0 Å². The molecule has 0 aromatic carbocycles. The highest BCUT2D eigenvalue weighted by molar-refractivity contribution is 4.85. The molecule has 0 saturated heterocycles. The van der Waals surface area contributed by atoms with Gasteiger partial charge in [0.2, 0.25) is 0 Å². The lowest BCUT2D eigenvalue weighted by molar-refractivity contribution is -0.424. The summed E-state index contributed by atoms with van der Waals surface area (Å²) in [5.41, 5.74) is 0. The van der Waals surface area contributed by atoms with E-state index in [2.05, 4.69) is 9.47 Å². The van der Waals surface area contributed by atoms with Crippen LogP contribution in [-0.4, -0.2) is 50.1 Å². The fraction of sp³-hybridized carbons (Fsp3) is 1.00. The van der Waals surface area contributed by atoms with E-state index in [1.807, 2.05) is 0 Å². The van der Waals surface area contributed by atoms with Crippen LogP contribution >= 0.6 is 0 Å². The van der Waals surface area contributed by atoms with Crippen LogP contribution in [0.1, 0.15) is 6.92 Å². The minimum absolute atomic E-state index is 0.0129. The first-order valence-electron chi connectivity index (χ1n) is 5.46. The first-order chi connectivity index (χ1) is 10.6. The average molecular weight is 414 g/mol. The quantitative estimate of drug-likeness (QED) is 0.587. The molecule has 0 bridgehead atoms. The van der Waals surface area contributed by atoms with Crippen molar-refractivity contribution in [3.63, 3.8) is 0 Å². The van der Waals surface area contributed by atoms with Gasteiger partial charge in [0.25, 0.3) is 0 Å². The van der Waals surface area contributed by atoms with Crippen LogP contribution in [0.3, 0.4) is 0 Å². The van der Waals surface area contributed by atoms with Crippen LogP contribution < -0.4 is 0 Å². The lowest BCUT2D eigenvalue weighted by Gasteiger charge is -2.27. The highest BCUT2D eigenvalue weighted by Crippen LogP contribution is 2.47. The number of rotatable bonds is 4. The van der Waals surface area contributed by atoms with Gasteiger partial charge in [-0.3, -0.25) is 0 Å². The Balaban J connectivity index is 0. The van der Waals surface area contributed by atoms with E-state index in [1.165, 1.54) is 0 Å². The molecule has 154 valence electrons. The molecule has 0 aliphatic heterocycles. The molecule has 25 heavy (non-hydrogen) atoms. The molecule has 2 nitrogen and oxygen atoms in total. The Morgan fingerprint density at radius 1 is 0.600 bits per heavy atom. The molecule has 0 radical (unpaired) electrons. The van der Waals surface area contributed by atoms with Gasteiger partial charge >= 0.3 is 36.4 Å². The first kappa shape index (κ1) is 26.2. The monoisotopic (exact) mass is 414 g/mol. The molecule has 0 unspecified atom stereocenters. The number of alkyl halides is 14. The molecular formula is C9H8F14O2. The molecule has 0 saturated carbocycles. The predicted octanol–water partition coefficient (Wildman–Crippen LogP) is 5.24. The number of ether oxygens (including phenoxy) is 2. The van der Waals surface area contributed by atoms with E-state index in [0.717, 1.165) is 6.92 Å². The molecule has 16 heteroatoms. The van der Waals surface area contributed by atoms with Crippen LogP contribution in [0.2, 0.25) is 0 Å². The van der Waals surface area contributed by atoms with Crippen molar-refractivity contribution in [3.8, 4) is 0 Å². The first-order valence-corrected chi connectivity index (χ1v) is 5.46. The smallest absolute Gasteiger partial charge is 0.335 e. The summed E-state index contributed by atoms with van der Waals surface area (Å²) in [5.74, 6) is -11.8. The van der Waals surface area contributed by atoms with E-state index in [0.29, 0.717) is 0 Å². The molecule has 0 atom stereocenters. The van der Waals surface area contributed by atoms with Gasteiger partial charge in [0.05, 0.1) is 6.61 Å². The lowest BCUT2D eigenvalue weighted by atomic mass is 10.3. The number of hydrogen-bond donors (Lipinski definition) is 0. The minimum atomic E-state index is -6.33. The Labute approximate surface area is 129 Å². The van der Waals surface area contributed by atoms with Gasteiger partial charge < -0.3 is 9.47 Å². The summed E-state index contributed by atoms with van der Waals surface area (Å²) in [6.07, 6.45) is -24.1. The molecule has 0 aromatic rings. The van der Waals surface area contributed by atoms with Crippen molar-refractivity contribution in [1.29, 1.82) is 0 Å².